The van der Waals surface area contributed by atoms with Gasteiger partial charge in [-0.05, 0) is 38.8 Å². The van der Waals surface area contributed by atoms with E-state index in [2.05, 4.69) is 10.6 Å². The number of hydrogen-bond donors (Lipinski definition) is 3. The fourth-order valence-electron chi connectivity index (χ4n) is 3.91. The van der Waals surface area contributed by atoms with Crippen LogP contribution in [-0.4, -0.2) is 30.2 Å². The lowest BCUT2D eigenvalue weighted by Crippen LogP contribution is -2.58. The Kier molecular flexibility index (Phi) is 4.73. The third-order valence-corrected chi connectivity index (χ3v) is 5.27. The van der Waals surface area contributed by atoms with Crippen LogP contribution < -0.4 is 25.8 Å². The van der Waals surface area contributed by atoms with E-state index in [1.165, 1.54) is 0 Å². The van der Waals surface area contributed by atoms with E-state index in [4.69, 9.17) is 15.2 Å². The van der Waals surface area contributed by atoms with Gasteiger partial charge in [-0.3, -0.25) is 4.79 Å². The Bertz CT molecular complexity index is 711. The van der Waals surface area contributed by atoms with Gasteiger partial charge < -0.3 is 25.8 Å². The Morgan fingerprint density at radius 2 is 1.96 bits per heavy atom. The van der Waals surface area contributed by atoms with Crippen LogP contribution in [0.3, 0.4) is 0 Å². The van der Waals surface area contributed by atoms with Gasteiger partial charge in [0.1, 0.15) is 22.6 Å². The molecule has 26 heavy (non-hydrogen) atoms. The Balaban J connectivity index is 1.79. The van der Waals surface area contributed by atoms with Crippen molar-refractivity contribution in [1.29, 1.82) is 0 Å². The number of urea groups is 1. The molecule has 1 aromatic carbocycles. The fraction of sp³-hybridized carbons (Fsp3) is 0.579. The number of methoxy groups -OCH3 is 1. The highest BCUT2D eigenvalue weighted by Gasteiger charge is 2.42. The number of carbonyl (C=O) groups excluding carboxylic acids is 2. The van der Waals surface area contributed by atoms with Gasteiger partial charge in [0.15, 0.2) is 0 Å². The number of rotatable bonds is 4. The quantitative estimate of drug-likeness (QED) is 0.766. The van der Waals surface area contributed by atoms with Crippen molar-refractivity contribution in [3.8, 4) is 11.5 Å². The summed E-state index contributed by atoms with van der Waals surface area (Å²) in [4.78, 5) is 24.5. The highest BCUT2D eigenvalue weighted by atomic mass is 16.5. The van der Waals surface area contributed by atoms with Gasteiger partial charge in [0.05, 0.1) is 13.2 Å². The smallest absolute Gasteiger partial charge is 0.316 e. The van der Waals surface area contributed by atoms with E-state index in [9.17, 15) is 9.59 Å². The molecule has 1 saturated carbocycles. The van der Waals surface area contributed by atoms with Crippen LogP contribution in [0.4, 0.5) is 4.79 Å². The molecule has 1 aliphatic carbocycles. The predicted octanol–water partition coefficient (Wildman–Crippen LogP) is 2.39. The summed E-state index contributed by atoms with van der Waals surface area (Å²) >= 11 is 0. The number of fused-ring (bicyclic) bond motifs is 1. The molecule has 142 valence electrons. The second kappa shape index (κ2) is 6.70. The standard InChI is InChI=1S/C19H27N3O4/c1-18(2)11-14(13-7-6-12(25-3)10-15(13)26-18)21-17(24)22-19(16(20)23)8-4-5-9-19/h6-7,10,14H,4-5,8-9,11H2,1-3H3,(H2,20,23)(H2,21,22,24). The Hall–Kier alpha value is -2.44. The average Bonchev–Trinajstić information content (AvgIpc) is 3.02. The number of carbonyl (C=O) groups is 2. The molecule has 1 aliphatic heterocycles. The van der Waals surface area contributed by atoms with Crippen molar-refractivity contribution in [3.63, 3.8) is 0 Å². The van der Waals surface area contributed by atoms with Crippen molar-refractivity contribution >= 4 is 11.9 Å². The average molecular weight is 361 g/mol. The number of nitrogens with two attached hydrogens (primary N) is 1. The van der Waals surface area contributed by atoms with Gasteiger partial charge in [0.2, 0.25) is 5.91 Å². The third kappa shape index (κ3) is 3.57. The second-order valence-corrected chi connectivity index (χ2v) is 7.77. The first-order valence-electron chi connectivity index (χ1n) is 9.00. The molecule has 0 radical (unpaired) electrons. The first kappa shape index (κ1) is 18.4. The summed E-state index contributed by atoms with van der Waals surface area (Å²) in [5.74, 6) is 0.919. The van der Waals surface area contributed by atoms with Gasteiger partial charge in [-0.15, -0.1) is 0 Å². The van der Waals surface area contributed by atoms with E-state index in [-0.39, 0.29) is 12.1 Å². The number of amides is 3. The van der Waals surface area contributed by atoms with Crippen LogP contribution in [-0.2, 0) is 4.79 Å². The molecule has 1 unspecified atom stereocenters. The molecule has 2 aliphatic rings. The van der Waals surface area contributed by atoms with Crippen molar-refractivity contribution in [2.45, 2.75) is 63.1 Å². The molecule has 3 amide bonds. The van der Waals surface area contributed by atoms with Gasteiger partial charge in [0, 0.05) is 18.1 Å². The Morgan fingerprint density at radius 3 is 2.58 bits per heavy atom. The molecule has 1 atom stereocenters. The zero-order chi connectivity index (χ0) is 18.9. The molecule has 0 bridgehead atoms. The van der Waals surface area contributed by atoms with Crippen LogP contribution in [0.5, 0.6) is 11.5 Å². The molecule has 0 spiro atoms. The maximum Gasteiger partial charge on any atom is 0.316 e. The minimum Gasteiger partial charge on any atom is -0.497 e. The van der Waals surface area contributed by atoms with E-state index in [0.29, 0.717) is 30.8 Å². The summed E-state index contributed by atoms with van der Waals surface area (Å²) in [7, 11) is 1.60. The third-order valence-electron chi connectivity index (χ3n) is 5.27. The van der Waals surface area contributed by atoms with E-state index < -0.39 is 17.0 Å². The number of ether oxygens (including phenoxy) is 2. The monoisotopic (exact) mass is 361 g/mol. The lowest BCUT2D eigenvalue weighted by atomic mass is 9.89. The van der Waals surface area contributed by atoms with Crippen molar-refractivity contribution in [1.82, 2.24) is 10.6 Å². The molecule has 7 nitrogen and oxygen atoms in total. The van der Waals surface area contributed by atoms with Crippen LogP contribution in [0.1, 0.15) is 57.6 Å². The van der Waals surface area contributed by atoms with Crippen molar-refractivity contribution in [2.24, 2.45) is 5.73 Å². The Morgan fingerprint density at radius 1 is 1.27 bits per heavy atom. The fourth-order valence-corrected chi connectivity index (χ4v) is 3.91. The SMILES string of the molecule is COc1ccc2c(c1)OC(C)(C)CC2NC(=O)NC1(C(N)=O)CCCC1. The van der Waals surface area contributed by atoms with Crippen LogP contribution in [0.2, 0.25) is 0 Å². The highest BCUT2D eigenvalue weighted by molar-refractivity contribution is 5.90. The summed E-state index contributed by atoms with van der Waals surface area (Å²) in [6.45, 7) is 3.95. The van der Waals surface area contributed by atoms with E-state index in [1.807, 2.05) is 32.0 Å². The number of nitrogens with one attached hydrogen (secondary N) is 2. The predicted molar refractivity (Wildman–Crippen MR) is 97.1 cm³/mol. The van der Waals surface area contributed by atoms with Crippen LogP contribution in [0.15, 0.2) is 18.2 Å². The topological polar surface area (TPSA) is 103 Å². The molecule has 1 fully saturated rings. The molecule has 0 aromatic heterocycles. The molecule has 0 saturated heterocycles. The van der Waals surface area contributed by atoms with E-state index >= 15 is 0 Å². The minimum atomic E-state index is -0.937. The van der Waals surface area contributed by atoms with Crippen LogP contribution in [0.25, 0.3) is 0 Å². The van der Waals surface area contributed by atoms with Gasteiger partial charge in [0.25, 0.3) is 0 Å². The summed E-state index contributed by atoms with van der Waals surface area (Å²) in [5.41, 5.74) is 5.06. The zero-order valence-electron chi connectivity index (χ0n) is 15.6. The number of benzene rings is 1. The molecule has 7 heteroatoms. The lowest BCUT2D eigenvalue weighted by Gasteiger charge is -2.38. The van der Waals surface area contributed by atoms with Crippen LogP contribution >= 0.6 is 0 Å². The molecular formula is C19H27N3O4. The maximum atomic E-state index is 12.6. The lowest BCUT2D eigenvalue weighted by molar-refractivity contribution is -0.123. The van der Waals surface area contributed by atoms with Crippen molar-refractivity contribution in [2.75, 3.05) is 7.11 Å². The van der Waals surface area contributed by atoms with E-state index in [1.54, 1.807) is 7.11 Å². The van der Waals surface area contributed by atoms with Gasteiger partial charge in [-0.25, -0.2) is 4.79 Å². The number of primary amides is 1. The van der Waals surface area contributed by atoms with Crippen molar-refractivity contribution < 1.29 is 19.1 Å². The summed E-state index contributed by atoms with van der Waals surface area (Å²) < 4.78 is 11.3. The minimum absolute atomic E-state index is 0.231. The molecular weight excluding hydrogens is 334 g/mol. The van der Waals surface area contributed by atoms with Gasteiger partial charge >= 0.3 is 6.03 Å². The van der Waals surface area contributed by atoms with Gasteiger partial charge in [-0.1, -0.05) is 12.8 Å². The van der Waals surface area contributed by atoms with Crippen molar-refractivity contribution in [3.05, 3.63) is 23.8 Å². The summed E-state index contributed by atoms with van der Waals surface area (Å²) in [5, 5.41) is 5.83. The highest BCUT2D eigenvalue weighted by Crippen LogP contribution is 2.41. The molecule has 1 aromatic rings. The van der Waals surface area contributed by atoms with Gasteiger partial charge in [-0.2, -0.15) is 0 Å². The second-order valence-electron chi connectivity index (χ2n) is 7.77. The van der Waals surface area contributed by atoms with Crippen LogP contribution in [0, 0.1) is 0 Å². The first-order valence-corrected chi connectivity index (χ1v) is 9.00. The van der Waals surface area contributed by atoms with E-state index in [0.717, 1.165) is 18.4 Å². The number of hydrogen-bond acceptors (Lipinski definition) is 4. The molecule has 1 heterocycles. The Labute approximate surface area is 153 Å². The molecule has 3 rings (SSSR count). The summed E-state index contributed by atoms with van der Waals surface area (Å²) in [6.07, 6.45) is 3.56. The first-order chi connectivity index (χ1) is 12.2. The summed E-state index contributed by atoms with van der Waals surface area (Å²) in [6, 6.07) is 4.95. The normalized spacial score (nSPS) is 22.7. The molecule has 4 N–H and O–H groups in total. The zero-order valence-corrected chi connectivity index (χ0v) is 15.6. The maximum absolute atomic E-state index is 12.6. The largest absolute Gasteiger partial charge is 0.497 e.